The molecule has 20 heavy (non-hydrogen) atoms. The molecule has 1 saturated carbocycles. The van der Waals surface area contributed by atoms with Crippen molar-refractivity contribution in [1.29, 1.82) is 0 Å². The molecule has 1 aromatic carbocycles. The summed E-state index contributed by atoms with van der Waals surface area (Å²) in [6.07, 6.45) is -0.490. The van der Waals surface area contributed by atoms with Crippen molar-refractivity contribution >= 4 is 17.6 Å². The first-order chi connectivity index (χ1) is 9.21. The molecular weight excluding hydrogens is 272 g/mol. The molecule has 1 aliphatic rings. The second-order valence-electron chi connectivity index (χ2n) is 4.89. The SMILES string of the molecule is COc1cc(NC(=O)C2(C)CC2(F)F)ccc1C(=O)O. The van der Waals surface area contributed by atoms with Crippen molar-refractivity contribution in [3.05, 3.63) is 23.8 Å². The number of carbonyl (C=O) groups is 2. The summed E-state index contributed by atoms with van der Waals surface area (Å²) in [6.45, 7) is 1.19. The van der Waals surface area contributed by atoms with Crippen LogP contribution in [-0.4, -0.2) is 30.0 Å². The lowest BCUT2D eigenvalue weighted by atomic mass is 10.1. The fraction of sp³-hybridized carbons (Fsp3) is 0.385. The lowest BCUT2D eigenvalue weighted by molar-refractivity contribution is -0.123. The molecule has 0 aromatic heterocycles. The van der Waals surface area contributed by atoms with E-state index in [2.05, 4.69) is 5.32 Å². The molecule has 0 radical (unpaired) electrons. The minimum absolute atomic E-state index is 0.0445. The summed E-state index contributed by atoms with van der Waals surface area (Å²) >= 11 is 0. The van der Waals surface area contributed by atoms with Crippen LogP contribution >= 0.6 is 0 Å². The number of methoxy groups -OCH3 is 1. The number of aromatic carboxylic acids is 1. The van der Waals surface area contributed by atoms with Crippen LogP contribution in [0.15, 0.2) is 18.2 Å². The van der Waals surface area contributed by atoms with Gasteiger partial charge in [0.1, 0.15) is 16.7 Å². The largest absolute Gasteiger partial charge is 0.496 e. The number of nitrogens with one attached hydrogen (secondary N) is 1. The zero-order valence-corrected chi connectivity index (χ0v) is 10.9. The molecule has 1 atom stereocenters. The number of carboxylic acids is 1. The Morgan fingerprint density at radius 2 is 2.00 bits per heavy atom. The molecule has 0 spiro atoms. The van der Waals surface area contributed by atoms with Gasteiger partial charge in [-0.05, 0) is 19.1 Å². The number of carbonyl (C=O) groups excluding carboxylic acids is 1. The topological polar surface area (TPSA) is 75.6 Å². The standard InChI is InChI=1S/C13H13F2NO4/c1-12(6-13(12,14)15)11(19)16-7-3-4-8(10(17)18)9(5-7)20-2/h3-5H,6H2,1-2H3,(H,16,19)(H,17,18). The van der Waals surface area contributed by atoms with Gasteiger partial charge in [-0.15, -0.1) is 0 Å². The number of alkyl halides is 2. The van der Waals surface area contributed by atoms with Crippen molar-refractivity contribution in [3.63, 3.8) is 0 Å². The smallest absolute Gasteiger partial charge is 0.339 e. The van der Waals surface area contributed by atoms with Gasteiger partial charge < -0.3 is 15.2 Å². The molecule has 1 aliphatic carbocycles. The second-order valence-corrected chi connectivity index (χ2v) is 4.89. The number of halogens is 2. The van der Waals surface area contributed by atoms with Gasteiger partial charge in [-0.1, -0.05) is 0 Å². The molecular formula is C13H13F2NO4. The van der Waals surface area contributed by atoms with E-state index in [1.807, 2.05) is 0 Å². The van der Waals surface area contributed by atoms with Gasteiger partial charge in [0.15, 0.2) is 0 Å². The van der Waals surface area contributed by atoms with Gasteiger partial charge in [0.25, 0.3) is 5.92 Å². The molecule has 108 valence electrons. The Bertz CT molecular complexity index is 588. The zero-order chi connectivity index (χ0) is 15.1. The fourth-order valence-electron chi connectivity index (χ4n) is 1.86. The van der Waals surface area contributed by atoms with Crippen LogP contribution in [0.2, 0.25) is 0 Å². The van der Waals surface area contributed by atoms with Gasteiger partial charge in [-0.25, -0.2) is 13.6 Å². The van der Waals surface area contributed by atoms with Gasteiger partial charge in [0.2, 0.25) is 5.91 Å². The summed E-state index contributed by atoms with van der Waals surface area (Å²) in [7, 11) is 1.28. The Balaban J connectivity index is 2.19. The zero-order valence-electron chi connectivity index (χ0n) is 10.9. The molecule has 0 saturated heterocycles. The van der Waals surface area contributed by atoms with Gasteiger partial charge in [0, 0.05) is 18.2 Å². The van der Waals surface area contributed by atoms with Crippen LogP contribution < -0.4 is 10.1 Å². The molecule has 1 fully saturated rings. The number of benzene rings is 1. The average molecular weight is 285 g/mol. The van der Waals surface area contributed by atoms with E-state index in [-0.39, 0.29) is 17.0 Å². The van der Waals surface area contributed by atoms with Crippen LogP contribution in [0.3, 0.4) is 0 Å². The van der Waals surface area contributed by atoms with Gasteiger partial charge in [-0.3, -0.25) is 4.79 Å². The molecule has 0 heterocycles. The average Bonchev–Trinajstić information content (AvgIpc) is 2.89. The number of rotatable bonds is 4. The van der Waals surface area contributed by atoms with Crippen molar-refractivity contribution in [2.75, 3.05) is 12.4 Å². The summed E-state index contributed by atoms with van der Waals surface area (Å²) in [5, 5.41) is 11.3. The summed E-state index contributed by atoms with van der Waals surface area (Å²) < 4.78 is 31.1. The third kappa shape index (κ3) is 2.19. The van der Waals surface area contributed by atoms with Crippen LogP contribution in [0.4, 0.5) is 14.5 Å². The number of hydrogen-bond donors (Lipinski definition) is 2. The number of carboxylic acid groups (broad SMARTS) is 1. The lowest BCUT2D eigenvalue weighted by Crippen LogP contribution is -2.26. The highest BCUT2D eigenvalue weighted by atomic mass is 19.3. The number of hydrogen-bond acceptors (Lipinski definition) is 3. The quantitative estimate of drug-likeness (QED) is 0.890. The highest BCUT2D eigenvalue weighted by molar-refractivity contribution is 5.99. The summed E-state index contributed by atoms with van der Waals surface area (Å²) in [5.74, 6) is -4.93. The molecule has 0 bridgehead atoms. The fourth-order valence-corrected chi connectivity index (χ4v) is 1.86. The lowest BCUT2D eigenvalue weighted by Gasteiger charge is -2.13. The van der Waals surface area contributed by atoms with Crippen molar-refractivity contribution in [2.24, 2.45) is 5.41 Å². The van der Waals surface area contributed by atoms with Crippen molar-refractivity contribution in [2.45, 2.75) is 19.3 Å². The number of amides is 1. The molecule has 5 nitrogen and oxygen atoms in total. The monoisotopic (exact) mass is 285 g/mol. The summed E-state index contributed by atoms with van der Waals surface area (Å²) in [4.78, 5) is 22.7. The summed E-state index contributed by atoms with van der Waals surface area (Å²) in [5.41, 5.74) is -1.57. The minimum Gasteiger partial charge on any atom is -0.496 e. The maximum absolute atomic E-state index is 13.1. The first-order valence-corrected chi connectivity index (χ1v) is 5.82. The molecule has 2 rings (SSSR count). The molecule has 1 amide bonds. The van der Waals surface area contributed by atoms with Crippen LogP contribution in [-0.2, 0) is 4.79 Å². The van der Waals surface area contributed by atoms with Crippen molar-refractivity contribution in [1.82, 2.24) is 0 Å². The third-order valence-corrected chi connectivity index (χ3v) is 3.45. The third-order valence-electron chi connectivity index (χ3n) is 3.45. The Morgan fingerprint density at radius 1 is 1.40 bits per heavy atom. The van der Waals surface area contributed by atoms with E-state index < -0.39 is 29.6 Å². The molecule has 7 heteroatoms. The van der Waals surface area contributed by atoms with Crippen LogP contribution in [0.1, 0.15) is 23.7 Å². The minimum atomic E-state index is -3.00. The Hall–Kier alpha value is -2.18. The molecule has 2 N–H and O–H groups in total. The van der Waals surface area contributed by atoms with E-state index in [9.17, 15) is 18.4 Å². The first kappa shape index (κ1) is 14.2. The van der Waals surface area contributed by atoms with E-state index in [1.165, 1.54) is 32.2 Å². The van der Waals surface area contributed by atoms with Crippen LogP contribution in [0, 0.1) is 5.41 Å². The predicted molar refractivity (Wildman–Crippen MR) is 66.3 cm³/mol. The van der Waals surface area contributed by atoms with Crippen molar-refractivity contribution < 1.29 is 28.2 Å². The highest BCUT2D eigenvalue weighted by Gasteiger charge is 2.72. The van der Waals surface area contributed by atoms with Gasteiger partial charge in [-0.2, -0.15) is 0 Å². The number of anilines is 1. The molecule has 0 aliphatic heterocycles. The van der Waals surface area contributed by atoms with E-state index >= 15 is 0 Å². The van der Waals surface area contributed by atoms with E-state index in [0.29, 0.717) is 0 Å². The second kappa shape index (κ2) is 4.43. The number of ether oxygens (including phenoxy) is 1. The van der Waals surface area contributed by atoms with E-state index in [4.69, 9.17) is 9.84 Å². The Labute approximate surface area is 113 Å². The summed E-state index contributed by atoms with van der Waals surface area (Å²) in [6, 6.07) is 3.85. The highest BCUT2D eigenvalue weighted by Crippen LogP contribution is 2.60. The van der Waals surface area contributed by atoms with Gasteiger partial charge in [0.05, 0.1) is 7.11 Å². The van der Waals surface area contributed by atoms with E-state index in [1.54, 1.807) is 0 Å². The molecule has 1 unspecified atom stereocenters. The normalized spacial score (nSPS) is 23.0. The maximum atomic E-state index is 13.1. The Kier molecular flexibility index (Phi) is 3.15. The van der Waals surface area contributed by atoms with Crippen molar-refractivity contribution in [3.8, 4) is 5.75 Å². The Morgan fingerprint density at radius 3 is 2.45 bits per heavy atom. The first-order valence-electron chi connectivity index (χ1n) is 5.82. The van der Waals surface area contributed by atoms with Crippen LogP contribution in [0.5, 0.6) is 5.75 Å². The maximum Gasteiger partial charge on any atom is 0.339 e. The predicted octanol–water partition coefficient (Wildman–Crippen LogP) is 2.38. The van der Waals surface area contributed by atoms with Gasteiger partial charge >= 0.3 is 5.97 Å². The van der Waals surface area contributed by atoms with E-state index in [0.717, 1.165) is 0 Å². The molecule has 1 aromatic rings. The van der Waals surface area contributed by atoms with Crippen LogP contribution in [0.25, 0.3) is 0 Å².